The number of ether oxygens (including phenoxy) is 4. The van der Waals surface area contributed by atoms with E-state index in [9.17, 15) is 29.4 Å². The molecule has 6 aliphatic heterocycles. The maximum absolute atomic E-state index is 15.6. The third-order valence-corrected chi connectivity index (χ3v) is 17.3. The Morgan fingerprint density at radius 1 is 0.954 bits per heavy atom. The molecule has 1 spiro atoms. The smallest absolute Gasteiger partial charge is 0.344 e. The molecule has 1 aromatic rings. The van der Waals surface area contributed by atoms with Gasteiger partial charge < -0.3 is 34.1 Å². The van der Waals surface area contributed by atoms with Gasteiger partial charge in [0.15, 0.2) is 19.2 Å². The summed E-state index contributed by atoms with van der Waals surface area (Å²) in [5.74, 6) is -3.07. The number of ketones is 1. The van der Waals surface area contributed by atoms with E-state index in [2.05, 4.69) is 21.9 Å². The predicted molar refractivity (Wildman–Crippen MR) is 242 cm³/mol. The first kappa shape index (κ1) is 45.7. The number of aryl methyl sites for hydroxylation is 1. The van der Waals surface area contributed by atoms with Crippen molar-refractivity contribution >= 4 is 48.4 Å². The molecule has 9 rings (SSSR count). The van der Waals surface area contributed by atoms with Crippen molar-refractivity contribution in [3.63, 3.8) is 0 Å². The summed E-state index contributed by atoms with van der Waals surface area (Å²) in [4.78, 5) is 76.3. The van der Waals surface area contributed by atoms with E-state index in [0.717, 1.165) is 27.6 Å². The zero-order valence-corrected chi connectivity index (χ0v) is 39.1. The molecule has 4 fully saturated rings. The number of esters is 3. The van der Waals surface area contributed by atoms with Crippen molar-refractivity contribution in [3.05, 3.63) is 69.9 Å². The van der Waals surface area contributed by atoms with Crippen LogP contribution in [0, 0.1) is 28.1 Å². The lowest BCUT2D eigenvalue weighted by Gasteiger charge is -2.63. The Kier molecular flexibility index (Phi) is 11.4. The molecule has 2 aliphatic carbocycles. The summed E-state index contributed by atoms with van der Waals surface area (Å²) in [7, 11) is 4.57. The van der Waals surface area contributed by atoms with Crippen LogP contribution in [-0.2, 0) is 44.5 Å². The number of piperidine rings is 1. The summed E-state index contributed by atoms with van der Waals surface area (Å²) in [6, 6.07) is 2.40. The molecule has 8 aliphatic rings. The van der Waals surface area contributed by atoms with Gasteiger partial charge in [-0.05, 0) is 92.7 Å². The Morgan fingerprint density at radius 3 is 2.34 bits per heavy atom. The summed E-state index contributed by atoms with van der Waals surface area (Å²) in [5.41, 5.74) is -0.475. The van der Waals surface area contributed by atoms with Crippen LogP contribution in [0.5, 0.6) is 0 Å². The van der Waals surface area contributed by atoms with Crippen molar-refractivity contribution in [2.75, 3.05) is 54.1 Å². The Bertz CT molecular complexity index is 2360. The molecule has 0 radical (unpaired) electrons. The van der Waals surface area contributed by atoms with Crippen molar-refractivity contribution in [3.8, 4) is 0 Å². The van der Waals surface area contributed by atoms with Gasteiger partial charge in [-0.3, -0.25) is 29.0 Å². The number of aliphatic hydroxyl groups is 2. The number of amides is 1. The Balaban J connectivity index is 1.34. The van der Waals surface area contributed by atoms with E-state index in [1.807, 2.05) is 45.1 Å². The van der Waals surface area contributed by atoms with Crippen LogP contribution in [0.4, 0.5) is 0 Å². The molecule has 1 aromatic carbocycles. The standard InChI is InChI=1S/C50H64BN3O11/c1-9-31-19-34-32-13-17-52-25-30(23-46(60,10-2)26-52)24-49(44(58)63-7,40(32)51-37(34)20-33(31)28(4)56)36-21-35-38(22-39(36)62-6)54(27-55)42-48(35)15-18-53-16-12-14-47(11-3,41(48)53)43(65-29(5)57)50(42,61)45(59)64-8/h12,14,19-22,27,30,36,39,41-43,51,60-61H,9-11,13,15-18,23-26H2,1-8H3/t30-,36?,39?,41+,42-,43-,46+,47-,48-,49+,50+/m1/s1. The number of allylic oxidation sites excluding steroid dienone is 1. The van der Waals surface area contributed by atoms with Gasteiger partial charge in [-0.2, -0.15) is 0 Å². The van der Waals surface area contributed by atoms with Crippen LogP contribution in [-0.4, -0.2) is 152 Å². The molecule has 1 saturated carbocycles. The highest BCUT2D eigenvalue weighted by Crippen LogP contribution is 2.70. The molecule has 65 heavy (non-hydrogen) atoms. The molecule has 14 nitrogen and oxygen atoms in total. The second-order valence-electron chi connectivity index (χ2n) is 20.1. The highest BCUT2D eigenvalue weighted by Gasteiger charge is 2.82. The van der Waals surface area contributed by atoms with Crippen LogP contribution in [0.3, 0.4) is 0 Å². The number of likely N-dealkylation sites (tertiary alicyclic amines) is 1. The number of benzene rings is 1. The first-order valence-electron chi connectivity index (χ1n) is 23.6. The number of rotatable bonds is 10. The van der Waals surface area contributed by atoms with Gasteiger partial charge in [0.25, 0.3) is 0 Å². The van der Waals surface area contributed by atoms with Crippen LogP contribution in [0.1, 0.15) is 94.6 Å². The lowest BCUT2D eigenvalue weighted by Crippen LogP contribution is -2.80. The third kappa shape index (κ3) is 6.20. The first-order valence-corrected chi connectivity index (χ1v) is 23.6. The fraction of sp³-hybridized carbons (Fsp3) is 0.620. The van der Waals surface area contributed by atoms with E-state index >= 15 is 4.79 Å². The summed E-state index contributed by atoms with van der Waals surface area (Å²) in [6.07, 6.45) is 9.69. The normalized spacial score (nSPS) is 38.9. The molecular weight excluding hydrogens is 829 g/mol. The van der Waals surface area contributed by atoms with E-state index in [0.29, 0.717) is 108 Å². The van der Waals surface area contributed by atoms with Crippen LogP contribution < -0.4 is 5.46 Å². The minimum absolute atomic E-state index is 0.0231. The minimum atomic E-state index is -2.54. The molecule has 15 heteroatoms. The fourth-order valence-electron chi connectivity index (χ4n) is 14.9. The van der Waals surface area contributed by atoms with Gasteiger partial charge in [-0.25, -0.2) is 4.79 Å². The van der Waals surface area contributed by atoms with Crippen molar-refractivity contribution in [2.45, 2.75) is 115 Å². The molecule has 0 aromatic heterocycles. The number of carbonyl (C=O) groups is 5. The van der Waals surface area contributed by atoms with Crippen LogP contribution in [0.2, 0.25) is 0 Å². The second-order valence-corrected chi connectivity index (χ2v) is 20.1. The Labute approximate surface area is 382 Å². The first-order chi connectivity index (χ1) is 31.0. The van der Waals surface area contributed by atoms with Gasteiger partial charge in [-0.1, -0.05) is 62.1 Å². The molecule has 3 unspecified atom stereocenters. The van der Waals surface area contributed by atoms with Crippen molar-refractivity contribution in [1.29, 1.82) is 0 Å². The van der Waals surface area contributed by atoms with E-state index in [-0.39, 0.29) is 11.7 Å². The Morgan fingerprint density at radius 2 is 1.71 bits per heavy atom. The summed E-state index contributed by atoms with van der Waals surface area (Å²) in [5, 5.41) is 25.5. The van der Waals surface area contributed by atoms with Gasteiger partial charge >= 0.3 is 17.9 Å². The van der Waals surface area contributed by atoms with Gasteiger partial charge in [0.2, 0.25) is 12.0 Å². The lowest BCUT2D eigenvalue weighted by molar-refractivity contribution is -0.242. The number of fused-ring (bicyclic) bond motifs is 5. The molecule has 2 bridgehead atoms. The SMILES string of the molecule is CCc1cc2c(cc1C(C)=O)BC1=C2CCN2C[C@H](C[C@@](O)(CC)C2)C[C@]1(C(=O)OC)C1C=C2C(=CC1OC)N(C=O)[C@H]1[C@@](O)(C(=O)OC)[C@H](OC(C)=O)[C@]3(CC)C=CCN4CC[C@]21[C@@H]43. The Hall–Kier alpha value is -4.41. The average Bonchev–Trinajstić information content (AvgIpc) is 3.97. The van der Waals surface area contributed by atoms with E-state index in [1.54, 1.807) is 14.0 Å². The molecule has 348 valence electrons. The van der Waals surface area contributed by atoms with E-state index in [4.69, 9.17) is 18.9 Å². The molecule has 3 saturated heterocycles. The molecule has 1 amide bonds. The van der Waals surface area contributed by atoms with E-state index < -0.39 is 75.6 Å². The molecule has 2 N–H and O–H groups in total. The van der Waals surface area contributed by atoms with Gasteiger partial charge in [0.05, 0.1) is 37.4 Å². The van der Waals surface area contributed by atoms with Gasteiger partial charge in [0, 0.05) is 74.3 Å². The van der Waals surface area contributed by atoms with Crippen molar-refractivity contribution in [1.82, 2.24) is 14.7 Å². The minimum Gasteiger partial charge on any atom is -0.468 e. The predicted octanol–water partition coefficient (Wildman–Crippen LogP) is 2.83. The molecule has 12 atom stereocenters. The summed E-state index contributed by atoms with van der Waals surface area (Å²) < 4.78 is 24.1. The maximum Gasteiger partial charge on any atom is 0.344 e. The van der Waals surface area contributed by atoms with Gasteiger partial charge in [-0.15, -0.1) is 0 Å². The van der Waals surface area contributed by atoms with Crippen molar-refractivity contribution in [2.24, 2.45) is 28.1 Å². The van der Waals surface area contributed by atoms with E-state index in [1.165, 1.54) is 26.0 Å². The largest absolute Gasteiger partial charge is 0.468 e. The lowest BCUT2D eigenvalue weighted by atomic mass is 9.46. The number of nitrogens with zero attached hydrogens (tertiary/aromatic N) is 3. The maximum atomic E-state index is 15.6. The summed E-state index contributed by atoms with van der Waals surface area (Å²) >= 11 is 0. The summed E-state index contributed by atoms with van der Waals surface area (Å²) in [6.45, 7) is 11.8. The average molecular weight is 894 g/mol. The molecule has 6 heterocycles. The molecular formula is C50H64BN3O11. The second kappa shape index (κ2) is 16.1. The third-order valence-electron chi connectivity index (χ3n) is 17.3. The highest BCUT2D eigenvalue weighted by molar-refractivity contribution is 6.67. The van der Waals surface area contributed by atoms with Crippen LogP contribution >= 0.6 is 0 Å². The number of methoxy groups -OCH3 is 3. The van der Waals surface area contributed by atoms with Crippen molar-refractivity contribution < 1.29 is 53.1 Å². The number of hydrogen-bond acceptors (Lipinski definition) is 13. The van der Waals surface area contributed by atoms with Crippen LogP contribution in [0.15, 0.2) is 53.2 Å². The highest BCUT2D eigenvalue weighted by atomic mass is 16.6. The quantitative estimate of drug-likeness (QED) is 0.0879. The number of carbonyl (C=O) groups excluding carboxylic acids is 5. The van der Waals surface area contributed by atoms with Gasteiger partial charge in [0.1, 0.15) is 0 Å². The monoisotopic (exact) mass is 893 g/mol. The zero-order chi connectivity index (χ0) is 46.6. The van der Waals surface area contributed by atoms with Crippen LogP contribution in [0.25, 0.3) is 5.57 Å². The topological polar surface area (TPSA) is 172 Å². The number of hydrogen-bond donors (Lipinski definition) is 2. The fourth-order valence-corrected chi connectivity index (χ4v) is 14.9. The number of Topliss-reactive ketones (excluding diaryl/α,β-unsaturated/α-hetero) is 1. The zero-order valence-electron chi connectivity index (χ0n) is 39.1.